The molecule has 0 bridgehead atoms. The fraction of sp³-hybridized carbons (Fsp3) is 1.00. The zero-order valence-electron chi connectivity index (χ0n) is 7.47. The van der Waals surface area contributed by atoms with Crippen LogP contribution in [0.2, 0.25) is 0 Å². The minimum absolute atomic E-state index is 0.106. The average molecular weight is 158 g/mol. The number of hydrogen-bond donors (Lipinski definition) is 1. The molecule has 1 saturated heterocycles. The standard InChI is InChI=1S/C9H18O2/c1-3-9(4-2)5-8(6-10)11-7-9/h8,10H,3-7H2,1-2H3/t8-/m0/s1. The highest BCUT2D eigenvalue weighted by Gasteiger charge is 2.36. The Morgan fingerprint density at radius 3 is 2.36 bits per heavy atom. The van der Waals surface area contributed by atoms with Crippen LogP contribution in [-0.2, 0) is 4.74 Å². The average Bonchev–Trinajstić information content (AvgIpc) is 2.49. The van der Waals surface area contributed by atoms with Gasteiger partial charge in [-0.25, -0.2) is 0 Å². The monoisotopic (exact) mass is 158 g/mol. The van der Waals surface area contributed by atoms with Crippen molar-refractivity contribution in [3.63, 3.8) is 0 Å². The van der Waals surface area contributed by atoms with Gasteiger partial charge in [0.2, 0.25) is 0 Å². The lowest BCUT2D eigenvalue weighted by Gasteiger charge is -2.23. The van der Waals surface area contributed by atoms with E-state index < -0.39 is 0 Å². The summed E-state index contributed by atoms with van der Waals surface area (Å²) in [5.41, 5.74) is 0.368. The van der Waals surface area contributed by atoms with E-state index in [-0.39, 0.29) is 12.7 Å². The van der Waals surface area contributed by atoms with Gasteiger partial charge in [0.25, 0.3) is 0 Å². The van der Waals surface area contributed by atoms with E-state index in [1.807, 2.05) is 0 Å². The second kappa shape index (κ2) is 3.55. The van der Waals surface area contributed by atoms with E-state index in [1.54, 1.807) is 0 Å². The van der Waals surface area contributed by atoms with Gasteiger partial charge in [0.15, 0.2) is 0 Å². The van der Waals surface area contributed by atoms with Crippen LogP contribution in [0.15, 0.2) is 0 Å². The number of aliphatic hydroxyl groups is 1. The normalized spacial score (nSPS) is 29.2. The van der Waals surface area contributed by atoms with E-state index in [1.165, 1.54) is 12.8 Å². The molecule has 1 heterocycles. The van der Waals surface area contributed by atoms with Crippen molar-refractivity contribution >= 4 is 0 Å². The maximum absolute atomic E-state index is 8.86. The smallest absolute Gasteiger partial charge is 0.0812 e. The van der Waals surface area contributed by atoms with Gasteiger partial charge >= 0.3 is 0 Å². The first kappa shape index (κ1) is 9.01. The number of aliphatic hydroxyl groups excluding tert-OH is 1. The topological polar surface area (TPSA) is 29.5 Å². The van der Waals surface area contributed by atoms with Crippen molar-refractivity contribution in [3.8, 4) is 0 Å². The Bertz CT molecular complexity index is 119. The van der Waals surface area contributed by atoms with Crippen LogP contribution in [0.5, 0.6) is 0 Å². The molecule has 2 heteroatoms. The Labute approximate surface area is 68.6 Å². The van der Waals surface area contributed by atoms with Gasteiger partial charge in [-0.1, -0.05) is 13.8 Å². The summed E-state index contributed by atoms with van der Waals surface area (Å²) >= 11 is 0. The van der Waals surface area contributed by atoms with Gasteiger partial charge in [0.1, 0.15) is 0 Å². The molecule has 1 N–H and O–H groups in total. The van der Waals surface area contributed by atoms with Crippen molar-refractivity contribution < 1.29 is 9.84 Å². The molecule has 1 aliphatic rings. The van der Waals surface area contributed by atoms with Crippen LogP contribution < -0.4 is 0 Å². The second-order valence-electron chi connectivity index (χ2n) is 3.53. The highest BCUT2D eigenvalue weighted by Crippen LogP contribution is 2.38. The summed E-state index contributed by atoms with van der Waals surface area (Å²) in [6.45, 7) is 5.42. The summed E-state index contributed by atoms with van der Waals surface area (Å²) in [6, 6.07) is 0. The summed E-state index contributed by atoms with van der Waals surface area (Å²) in [4.78, 5) is 0. The van der Waals surface area contributed by atoms with Gasteiger partial charge in [0, 0.05) is 0 Å². The molecule has 11 heavy (non-hydrogen) atoms. The molecule has 0 spiro atoms. The Morgan fingerprint density at radius 1 is 1.45 bits per heavy atom. The zero-order valence-corrected chi connectivity index (χ0v) is 7.47. The molecule has 1 fully saturated rings. The van der Waals surface area contributed by atoms with E-state index in [0.29, 0.717) is 5.41 Å². The largest absolute Gasteiger partial charge is 0.394 e. The molecule has 0 aliphatic carbocycles. The molecular weight excluding hydrogens is 140 g/mol. The SMILES string of the molecule is CCC1(CC)CO[C@H](CO)C1. The van der Waals surface area contributed by atoms with Crippen molar-refractivity contribution in [1.29, 1.82) is 0 Å². The third kappa shape index (κ3) is 1.74. The van der Waals surface area contributed by atoms with E-state index >= 15 is 0 Å². The third-order valence-electron chi connectivity index (χ3n) is 2.99. The Hall–Kier alpha value is -0.0800. The fourth-order valence-corrected chi connectivity index (χ4v) is 1.76. The number of rotatable bonds is 3. The summed E-state index contributed by atoms with van der Waals surface area (Å²) < 4.78 is 5.45. The van der Waals surface area contributed by atoms with Crippen molar-refractivity contribution in [2.45, 2.75) is 39.2 Å². The predicted molar refractivity (Wildman–Crippen MR) is 44.5 cm³/mol. The highest BCUT2D eigenvalue weighted by atomic mass is 16.5. The number of hydrogen-bond acceptors (Lipinski definition) is 2. The summed E-state index contributed by atoms with van der Waals surface area (Å²) in [5.74, 6) is 0. The van der Waals surface area contributed by atoms with Gasteiger partial charge in [-0.15, -0.1) is 0 Å². The molecule has 66 valence electrons. The van der Waals surface area contributed by atoms with Crippen molar-refractivity contribution in [2.75, 3.05) is 13.2 Å². The van der Waals surface area contributed by atoms with Crippen molar-refractivity contribution in [3.05, 3.63) is 0 Å². The lowest BCUT2D eigenvalue weighted by atomic mass is 9.80. The molecule has 1 aliphatic heterocycles. The van der Waals surface area contributed by atoms with Gasteiger partial charge in [0.05, 0.1) is 19.3 Å². The predicted octanol–water partition coefficient (Wildman–Crippen LogP) is 1.57. The Balaban J connectivity index is 2.48. The second-order valence-corrected chi connectivity index (χ2v) is 3.53. The molecule has 0 aromatic carbocycles. The molecule has 0 unspecified atom stereocenters. The zero-order chi connectivity index (χ0) is 8.32. The van der Waals surface area contributed by atoms with E-state index in [9.17, 15) is 0 Å². The molecule has 0 saturated carbocycles. The number of ether oxygens (including phenoxy) is 1. The van der Waals surface area contributed by atoms with Crippen molar-refractivity contribution in [1.82, 2.24) is 0 Å². The maximum atomic E-state index is 8.86. The quantitative estimate of drug-likeness (QED) is 0.675. The fourth-order valence-electron chi connectivity index (χ4n) is 1.76. The van der Waals surface area contributed by atoms with Crippen LogP contribution in [0.1, 0.15) is 33.1 Å². The van der Waals surface area contributed by atoms with E-state index in [4.69, 9.17) is 9.84 Å². The summed E-state index contributed by atoms with van der Waals surface area (Å²) in [6.07, 6.45) is 3.48. The lowest BCUT2D eigenvalue weighted by Crippen LogP contribution is -2.19. The molecule has 1 atom stereocenters. The molecular formula is C9H18O2. The van der Waals surface area contributed by atoms with E-state index in [2.05, 4.69) is 13.8 Å². The van der Waals surface area contributed by atoms with Crippen LogP contribution >= 0.6 is 0 Å². The highest BCUT2D eigenvalue weighted by molar-refractivity contribution is 4.85. The van der Waals surface area contributed by atoms with Crippen LogP contribution in [0, 0.1) is 5.41 Å². The van der Waals surface area contributed by atoms with Gasteiger partial charge in [-0.3, -0.25) is 0 Å². The minimum Gasteiger partial charge on any atom is -0.394 e. The third-order valence-corrected chi connectivity index (χ3v) is 2.99. The summed E-state index contributed by atoms with van der Waals surface area (Å²) in [7, 11) is 0. The lowest BCUT2D eigenvalue weighted by molar-refractivity contribution is 0.0520. The van der Waals surface area contributed by atoms with Crippen LogP contribution in [-0.4, -0.2) is 24.4 Å². The Kier molecular flexibility index (Phi) is 2.90. The molecule has 0 aromatic rings. The van der Waals surface area contributed by atoms with Gasteiger partial charge < -0.3 is 9.84 Å². The maximum Gasteiger partial charge on any atom is 0.0812 e. The molecule has 0 aromatic heterocycles. The molecule has 2 nitrogen and oxygen atoms in total. The van der Waals surface area contributed by atoms with Crippen LogP contribution in [0.4, 0.5) is 0 Å². The van der Waals surface area contributed by atoms with E-state index in [0.717, 1.165) is 13.0 Å². The minimum atomic E-state index is 0.106. The van der Waals surface area contributed by atoms with Gasteiger partial charge in [-0.2, -0.15) is 0 Å². The molecule has 0 amide bonds. The molecule has 1 rings (SSSR count). The van der Waals surface area contributed by atoms with Crippen LogP contribution in [0.3, 0.4) is 0 Å². The first-order valence-electron chi connectivity index (χ1n) is 4.49. The Morgan fingerprint density at radius 2 is 2.09 bits per heavy atom. The first-order chi connectivity index (χ1) is 5.26. The molecule has 0 radical (unpaired) electrons. The van der Waals surface area contributed by atoms with Crippen LogP contribution in [0.25, 0.3) is 0 Å². The van der Waals surface area contributed by atoms with Crippen molar-refractivity contribution in [2.24, 2.45) is 5.41 Å². The summed E-state index contributed by atoms with van der Waals surface area (Å²) in [5, 5.41) is 8.86. The van der Waals surface area contributed by atoms with Gasteiger partial charge in [-0.05, 0) is 24.7 Å². The first-order valence-corrected chi connectivity index (χ1v) is 4.49.